The minimum Gasteiger partial charge on any atom is -0.311 e. The molecule has 182 valence electrons. The molecule has 36 heavy (non-hydrogen) atoms. The van der Waals surface area contributed by atoms with Gasteiger partial charge in [-0.25, -0.2) is 9.18 Å². The summed E-state index contributed by atoms with van der Waals surface area (Å²) in [5.41, 5.74) is 3.20. The van der Waals surface area contributed by atoms with E-state index in [2.05, 4.69) is 15.6 Å². The van der Waals surface area contributed by atoms with E-state index in [-0.39, 0.29) is 17.2 Å². The molecule has 0 aliphatic heterocycles. The van der Waals surface area contributed by atoms with Crippen LogP contribution in [0.4, 0.5) is 20.6 Å². The molecule has 1 atom stereocenters. The lowest BCUT2D eigenvalue weighted by atomic mass is 9.97. The summed E-state index contributed by atoms with van der Waals surface area (Å²) in [5.74, 6) is -0.387. The summed E-state index contributed by atoms with van der Waals surface area (Å²) in [7, 11) is 0. The van der Waals surface area contributed by atoms with Crippen LogP contribution in [0.2, 0.25) is 0 Å². The van der Waals surface area contributed by atoms with Gasteiger partial charge in [0.25, 0.3) is 5.56 Å². The number of carbonyl (C=O) groups is 2. The monoisotopic (exact) mass is 484 g/mol. The summed E-state index contributed by atoms with van der Waals surface area (Å²) in [6, 6.07) is 19.9. The molecule has 4 aromatic rings. The van der Waals surface area contributed by atoms with Gasteiger partial charge in [0.05, 0.1) is 35.4 Å². The maximum Gasteiger partial charge on any atom is 0.323 e. The zero-order valence-electron chi connectivity index (χ0n) is 19.6. The van der Waals surface area contributed by atoms with Gasteiger partial charge in [-0.1, -0.05) is 43.3 Å². The molecular formula is C28H25FN4O3. The number of urea groups is 1. The van der Waals surface area contributed by atoms with E-state index in [0.717, 1.165) is 17.4 Å². The first-order chi connectivity index (χ1) is 17.4. The van der Waals surface area contributed by atoms with Crippen LogP contribution in [0.25, 0.3) is 11.3 Å². The maximum atomic E-state index is 13.7. The van der Waals surface area contributed by atoms with E-state index in [4.69, 9.17) is 0 Å². The molecule has 2 amide bonds. The van der Waals surface area contributed by atoms with Crippen LogP contribution in [0.1, 0.15) is 30.4 Å². The highest BCUT2D eigenvalue weighted by atomic mass is 19.1. The molecule has 0 saturated heterocycles. The van der Waals surface area contributed by atoms with Crippen molar-refractivity contribution < 1.29 is 14.0 Å². The average molecular weight is 485 g/mol. The third-order valence-corrected chi connectivity index (χ3v) is 5.79. The predicted octanol–water partition coefficient (Wildman–Crippen LogP) is 5.43. The number of pyridine rings is 2. The lowest BCUT2D eigenvalue weighted by molar-refractivity contribution is -0.108. The SMILES string of the molecule is C[C@H](CC=O)c1ccc(Cn2cccc(-c3ccc(NC(=O)Nc4ccccc4F)cn3)c2=O)cc1. The predicted molar refractivity (Wildman–Crippen MR) is 138 cm³/mol. The second-order valence-corrected chi connectivity index (χ2v) is 8.39. The number of benzene rings is 2. The van der Waals surface area contributed by atoms with Gasteiger partial charge in [-0.05, 0) is 53.4 Å². The molecule has 2 N–H and O–H groups in total. The number of aromatic nitrogens is 2. The number of rotatable bonds is 8. The average Bonchev–Trinajstić information content (AvgIpc) is 2.88. The lowest BCUT2D eigenvalue weighted by Crippen LogP contribution is -2.22. The van der Waals surface area contributed by atoms with Gasteiger partial charge in [0.1, 0.15) is 12.1 Å². The van der Waals surface area contributed by atoms with E-state index < -0.39 is 11.8 Å². The standard InChI is InChI=1S/C28H25FN4O3/c1-19(14-16-34)21-10-8-20(9-11-21)18-33-15-4-5-23(27(33)35)25-13-12-22(17-30-25)31-28(36)32-26-7-3-2-6-24(26)29/h2-13,15-17,19H,14,18H2,1H3,(H2,31,32,36)/t19-/m1/s1. The molecule has 2 aromatic carbocycles. The number of para-hydroxylation sites is 1. The Hall–Kier alpha value is -4.59. The first kappa shape index (κ1) is 24.5. The molecule has 7 nitrogen and oxygen atoms in total. The second kappa shape index (κ2) is 11.2. The van der Waals surface area contributed by atoms with Crippen LogP contribution < -0.4 is 16.2 Å². The van der Waals surface area contributed by atoms with Gasteiger partial charge in [-0.15, -0.1) is 0 Å². The molecule has 0 unspecified atom stereocenters. The Kier molecular flexibility index (Phi) is 7.65. The number of hydrogen-bond donors (Lipinski definition) is 2. The van der Waals surface area contributed by atoms with E-state index in [1.54, 1.807) is 41.1 Å². The lowest BCUT2D eigenvalue weighted by Gasteiger charge is -2.11. The van der Waals surface area contributed by atoms with Crippen LogP contribution in [0.3, 0.4) is 0 Å². The third-order valence-electron chi connectivity index (χ3n) is 5.79. The summed E-state index contributed by atoms with van der Waals surface area (Å²) >= 11 is 0. The van der Waals surface area contributed by atoms with Gasteiger partial charge >= 0.3 is 6.03 Å². The molecule has 4 rings (SSSR count). The van der Waals surface area contributed by atoms with Crippen LogP contribution in [0.5, 0.6) is 0 Å². The molecular weight excluding hydrogens is 459 g/mol. The highest BCUT2D eigenvalue weighted by Gasteiger charge is 2.11. The van der Waals surface area contributed by atoms with Crippen molar-refractivity contribution in [1.29, 1.82) is 0 Å². The van der Waals surface area contributed by atoms with E-state index in [9.17, 15) is 18.8 Å². The number of carbonyl (C=O) groups excluding carboxylic acids is 2. The molecule has 0 saturated carbocycles. The summed E-state index contributed by atoms with van der Waals surface area (Å²) in [5, 5.41) is 5.03. The van der Waals surface area contributed by atoms with Crippen molar-refractivity contribution in [3.8, 4) is 11.3 Å². The largest absolute Gasteiger partial charge is 0.323 e. The molecule has 2 heterocycles. The van der Waals surface area contributed by atoms with Crippen molar-refractivity contribution in [3.05, 3.63) is 112 Å². The van der Waals surface area contributed by atoms with E-state index in [1.165, 1.54) is 24.4 Å². The Morgan fingerprint density at radius 1 is 1.03 bits per heavy atom. The van der Waals surface area contributed by atoms with Crippen LogP contribution in [-0.2, 0) is 11.3 Å². The Labute approximate surface area is 207 Å². The van der Waals surface area contributed by atoms with Gasteiger partial charge in [-0.3, -0.25) is 9.78 Å². The third kappa shape index (κ3) is 5.90. The quantitative estimate of drug-likeness (QED) is 0.326. The Morgan fingerprint density at radius 2 is 1.81 bits per heavy atom. The van der Waals surface area contributed by atoms with E-state index >= 15 is 0 Å². The number of amides is 2. The number of hydrogen-bond acceptors (Lipinski definition) is 4. The molecule has 2 aromatic heterocycles. The zero-order valence-corrected chi connectivity index (χ0v) is 19.6. The summed E-state index contributed by atoms with van der Waals surface area (Å²) in [6.45, 7) is 2.39. The van der Waals surface area contributed by atoms with Crippen LogP contribution >= 0.6 is 0 Å². The van der Waals surface area contributed by atoms with Crippen molar-refractivity contribution in [1.82, 2.24) is 9.55 Å². The molecule has 0 spiro atoms. The second-order valence-electron chi connectivity index (χ2n) is 8.39. The first-order valence-corrected chi connectivity index (χ1v) is 11.5. The van der Waals surface area contributed by atoms with Crippen LogP contribution in [-0.4, -0.2) is 21.9 Å². The molecule has 0 aliphatic rings. The zero-order chi connectivity index (χ0) is 25.5. The van der Waals surface area contributed by atoms with Crippen molar-refractivity contribution in [2.24, 2.45) is 0 Å². The van der Waals surface area contributed by atoms with Gasteiger partial charge in [0.15, 0.2) is 0 Å². The van der Waals surface area contributed by atoms with Crippen molar-refractivity contribution in [3.63, 3.8) is 0 Å². The molecule has 0 aliphatic carbocycles. The number of anilines is 2. The topological polar surface area (TPSA) is 93.1 Å². The van der Waals surface area contributed by atoms with Crippen molar-refractivity contribution in [2.75, 3.05) is 10.6 Å². The summed E-state index contributed by atoms with van der Waals surface area (Å²) in [6.07, 6.45) is 4.54. The Morgan fingerprint density at radius 3 is 2.50 bits per heavy atom. The Balaban J connectivity index is 1.45. The van der Waals surface area contributed by atoms with Gasteiger partial charge in [0, 0.05) is 12.6 Å². The summed E-state index contributed by atoms with van der Waals surface area (Å²) < 4.78 is 15.3. The van der Waals surface area contributed by atoms with E-state index in [0.29, 0.717) is 29.9 Å². The fourth-order valence-electron chi connectivity index (χ4n) is 3.76. The highest BCUT2D eigenvalue weighted by Crippen LogP contribution is 2.19. The molecule has 0 radical (unpaired) electrons. The highest BCUT2D eigenvalue weighted by molar-refractivity contribution is 5.99. The van der Waals surface area contributed by atoms with E-state index in [1.807, 2.05) is 31.2 Å². The van der Waals surface area contributed by atoms with Crippen molar-refractivity contribution >= 4 is 23.7 Å². The fourth-order valence-corrected chi connectivity index (χ4v) is 3.76. The molecule has 0 fully saturated rings. The molecule has 0 bridgehead atoms. The minimum absolute atomic E-state index is 0.0644. The van der Waals surface area contributed by atoms with Gasteiger partial charge in [-0.2, -0.15) is 0 Å². The Bertz CT molecular complexity index is 1420. The smallest absolute Gasteiger partial charge is 0.311 e. The normalized spacial score (nSPS) is 11.5. The van der Waals surface area contributed by atoms with Gasteiger partial charge in [0.2, 0.25) is 0 Å². The number of nitrogens with zero attached hydrogens (tertiary/aromatic N) is 2. The number of aldehydes is 1. The molecule has 8 heteroatoms. The van der Waals surface area contributed by atoms with Gasteiger partial charge < -0.3 is 20.0 Å². The van der Waals surface area contributed by atoms with Crippen LogP contribution in [0, 0.1) is 5.82 Å². The van der Waals surface area contributed by atoms with Crippen molar-refractivity contribution in [2.45, 2.75) is 25.8 Å². The summed E-state index contributed by atoms with van der Waals surface area (Å²) in [4.78, 5) is 40.3. The van der Waals surface area contributed by atoms with Crippen LogP contribution in [0.15, 0.2) is 90.0 Å². The maximum absolute atomic E-state index is 13.7. The number of halogens is 1. The minimum atomic E-state index is -0.608. The first-order valence-electron chi connectivity index (χ1n) is 11.5. The number of nitrogens with one attached hydrogen (secondary N) is 2. The fraction of sp³-hybridized carbons (Fsp3) is 0.143.